The molecule has 0 aromatic carbocycles. The van der Waals surface area contributed by atoms with Crippen LogP contribution in [0, 0.1) is 12.8 Å². The van der Waals surface area contributed by atoms with Gasteiger partial charge in [-0.2, -0.15) is 0 Å². The summed E-state index contributed by atoms with van der Waals surface area (Å²) in [5.41, 5.74) is 2.52. The quantitative estimate of drug-likeness (QED) is 0.870. The van der Waals surface area contributed by atoms with E-state index in [2.05, 4.69) is 37.1 Å². The number of aryl methyl sites for hydroxylation is 1. The third kappa shape index (κ3) is 3.30. The maximum atomic E-state index is 5.72. The Labute approximate surface area is 110 Å². The van der Waals surface area contributed by atoms with E-state index >= 15 is 0 Å². The molecular formula is C15H24N2O. The van der Waals surface area contributed by atoms with Gasteiger partial charge in [0.25, 0.3) is 0 Å². The molecule has 0 radical (unpaired) electrons. The van der Waals surface area contributed by atoms with Gasteiger partial charge in [0.05, 0.1) is 12.7 Å². The predicted molar refractivity (Wildman–Crippen MR) is 73.5 cm³/mol. The maximum absolute atomic E-state index is 5.72. The van der Waals surface area contributed by atoms with Gasteiger partial charge < -0.3 is 10.1 Å². The fraction of sp³-hybridized carbons (Fsp3) is 0.667. The second-order valence-electron chi connectivity index (χ2n) is 5.37. The van der Waals surface area contributed by atoms with Gasteiger partial charge in [-0.3, -0.25) is 4.98 Å². The van der Waals surface area contributed by atoms with Crippen LogP contribution in [0.25, 0.3) is 0 Å². The van der Waals surface area contributed by atoms with Crippen molar-refractivity contribution in [3.8, 4) is 0 Å². The molecule has 3 heteroatoms. The van der Waals surface area contributed by atoms with E-state index in [1.54, 1.807) is 0 Å². The van der Waals surface area contributed by atoms with E-state index in [0.29, 0.717) is 18.1 Å². The first-order chi connectivity index (χ1) is 8.70. The number of pyridine rings is 1. The normalized spacial score (nSPS) is 25.3. The lowest BCUT2D eigenvalue weighted by molar-refractivity contribution is 0.117. The summed E-state index contributed by atoms with van der Waals surface area (Å²) < 4.78 is 5.72. The zero-order valence-electron chi connectivity index (χ0n) is 11.6. The van der Waals surface area contributed by atoms with Crippen LogP contribution in [0.4, 0.5) is 0 Å². The number of aromatic nitrogens is 1. The first-order valence-corrected chi connectivity index (χ1v) is 6.97. The molecule has 1 aliphatic rings. The summed E-state index contributed by atoms with van der Waals surface area (Å²) in [6, 6.07) is 2.62. The third-order valence-corrected chi connectivity index (χ3v) is 3.57. The summed E-state index contributed by atoms with van der Waals surface area (Å²) in [6.45, 7) is 8.36. The van der Waals surface area contributed by atoms with Gasteiger partial charge in [0.1, 0.15) is 0 Å². The van der Waals surface area contributed by atoms with Crippen LogP contribution in [-0.4, -0.2) is 24.2 Å². The molecular weight excluding hydrogens is 224 g/mol. The molecule has 1 aromatic heterocycles. The molecule has 3 nitrogen and oxygen atoms in total. The molecule has 1 saturated heterocycles. The van der Waals surface area contributed by atoms with Gasteiger partial charge in [-0.15, -0.1) is 0 Å². The fourth-order valence-corrected chi connectivity index (χ4v) is 2.69. The Bertz CT molecular complexity index is 381. The average molecular weight is 248 g/mol. The van der Waals surface area contributed by atoms with E-state index in [0.717, 1.165) is 26.0 Å². The Morgan fingerprint density at radius 3 is 2.94 bits per heavy atom. The van der Waals surface area contributed by atoms with Crippen molar-refractivity contribution in [1.82, 2.24) is 10.3 Å². The molecule has 100 valence electrons. The van der Waals surface area contributed by atoms with Crippen molar-refractivity contribution < 1.29 is 4.74 Å². The van der Waals surface area contributed by atoms with E-state index < -0.39 is 0 Å². The molecule has 1 aromatic rings. The lowest BCUT2D eigenvalue weighted by Gasteiger charge is -2.24. The molecule has 1 N–H and O–H groups in total. The lowest BCUT2D eigenvalue weighted by Crippen LogP contribution is -2.29. The van der Waals surface area contributed by atoms with Gasteiger partial charge >= 0.3 is 0 Å². The second-order valence-corrected chi connectivity index (χ2v) is 5.37. The molecule has 18 heavy (non-hydrogen) atoms. The van der Waals surface area contributed by atoms with Crippen LogP contribution < -0.4 is 5.32 Å². The van der Waals surface area contributed by atoms with E-state index in [-0.39, 0.29) is 0 Å². The summed E-state index contributed by atoms with van der Waals surface area (Å²) in [6.07, 6.45) is 6.57. The average Bonchev–Trinajstić information content (AvgIpc) is 2.76. The molecule has 3 unspecified atom stereocenters. The summed E-state index contributed by atoms with van der Waals surface area (Å²) >= 11 is 0. The minimum Gasteiger partial charge on any atom is -0.378 e. The summed E-state index contributed by atoms with van der Waals surface area (Å²) in [4.78, 5) is 4.32. The first kappa shape index (κ1) is 13.5. The van der Waals surface area contributed by atoms with Crippen molar-refractivity contribution in [3.05, 3.63) is 29.6 Å². The van der Waals surface area contributed by atoms with Crippen LogP contribution in [0.2, 0.25) is 0 Å². The van der Waals surface area contributed by atoms with Gasteiger partial charge in [0.2, 0.25) is 0 Å². The highest BCUT2D eigenvalue weighted by molar-refractivity contribution is 5.21. The van der Waals surface area contributed by atoms with Crippen molar-refractivity contribution >= 4 is 0 Å². The minimum absolute atomic E-state index is 0.377. The van der Waals surface area contributed by atoms with E-state index in [1.165, 1.54) is 11.1 Å². The molecule has 0 spiro atoms. The smallest absolute Gasteiger partial charge is 0.0551 e. The Morgan fingerprint density at radius 2 is 2.33 bits per heavy atom. The number of nitrogens with one attached hydrogen (secondary N) is 1. The van der Waals surface area contributed by atoms with Crippen molar-refractivity contribution in [3.63, 3.8) is 0 Å². The maximum Gasteiger partial charge on any atom is 0.0551 e. The van der Waals surface area contributed by atoms with E-state index in [1.807, 2.05) is 12.4 Å². The largest absolute Gasteiger partial charge is 0.378 e. The highest BCUT2D eigenvalue weighted by Gasteiger charge is 2.30. The minimum atomic E-state index is 0.377. The molecule has 1 aliphatic heterocycles. The van der Waals surface area contributed by atoms with Crippen LogP contribution in [0.5, 0.6) is 0 Å². The van der Waals surface area contributed by atoms with Crippen LogP contribution in [-0.2, 0) is 4.74 Å². The first-order valence-electron chi connectivity index (χ1n) is 6.97. The van der Waals surface area contributed by atoms with Crippen LogP contribution in [0.1, 0.15) is 43.9 Å². The lowest BCUT2D eigenvalue weighted by atomic mass is 9.91. The Hall–Kier alpha value is -0.930. The van der Waals surface area contributed by atoms with Crippen molar-refractivity contribution in [1.29, 1.82) is 0 Å². The number of hydrogen-bond acceptors (Lipinski definition) is 3. The summed E-state index contributed by atoms with van der Waals surface area (Å²) in [5, 5.41) is 3.66. The van der Waals surface area contributed by atoms with Crippen LogP contribution in [0.3, 0.4) is 0 Å². The van der Waals surface area contributed by atoms with Gasteiger partial charge in [-0.05, 0) is 44.4 Å². The Morgan fingerprint density at radius 1 is 1.50 bits per heavy atom. The molecule has 1 fully saturated rings. The molecule has 0 aliphatic carbocycles. The van der Waals surface area contributed by atoms with E-state index in [4.69, 9.17) is 4.74 Å². The molecule has 0 bridgehead atoms. The van der Waals surface area contributed by atoms with Crippen LogP contribution >= 0.6 is 0 Å². The van der Waals surface area contributed by atoms with Crippen LogP contribution in [0.15, 0.2) is 18.5 Å². The zero-order chi connectivity index (χ0) is 13.0. The number of hydrogen-bond donors (Lipinski definition) is 1. The molecule has 0 amide bonds. The topological polar surface area (TPSA) is 34.2 Å². The van der Waals surface area contributed by atoms with Gasteiger partial charge in [-0.1, -0.05) is 13.0 Å². The van der Waals surface area contributed by atoms with E-state index in [9.17, 15) is 0 Å². The van der Waals surface area contributed by atoms with Gasteiger partial charge in [0, 0.05) is 24.4 Å². The fourth-order valence-electron chi connectivity index (χ4n) is 2.69. The summed E-state index contributed by atoms with van der Waals surface area (Å²) in [5.74, 6) is 0.565. The number of rotatable bonds is 5. The molecule has 2 heterocycles. The van der Waals surface area contributed by atoms with Gasteiger partial charge in [-0.25, -0.2) is 0 Å². The van der Waals surface area contributed by atoms with Crippen molar-refractivity contribution in [2.75, 3.05) is 13.2 Å². The number of nitrogens with zero attached hydrogens (tertiary/aromatic N) is 1. The number of ether oxygens (including phenoxy) is 1. The van der Waals surface area contributed by atoms with Crippen molar-refractivity contribution in [2.24, 2.45) is 5.92 Å². The molecule has 0 saturated carbocycles. The Balaban J connectivity index is 2.14. The SMILES string of the molecule is CCCNC(c1cncc(C)c1)C1COC(C)C1. The molecule has 2 rings (SSSR count). The highest BCUT2D eigenvalue weighted by Crippen LogP contribution is 2.31. The zero-order valence-corrected chi connectivity index (χ0v) is 11.6. The second kappa shape index (κ2) is 6.30. The van der Waals surface area contributed by atoms with Gasteiger partial charge in [0.15, 0.2) is 0 Å². The third-order valence-electron chi connectivity index (χ3n) is 3.57. The Kier molecular flexibility index (Phi) is 4.72. The predicted octanol–water partition coefficient (Wildman–Crippen LogP) is 2.86. The standard InChI is InChI=1S/C15H24N2O/c1-4-5-17-15(14-7-12(3)18-10-14)13-6-11(2)8-16-9-13/h6,8-9,12,14-15,17H,4-5,7,10H2,1-3H3. The summed E-state index contributed by atoms with van der Waals surface area (Å²) in [7, 11) is 0. The monoisotopic (exact) mass is 248 g/mol. The highest BCUT2D eigenvalue weighted by atomic mass is 16.5. The van der Waals surface area contributed by atoms with Crippen molar-refractivity contribution in [2.45, 2.75) is 45.8 Å². The molecule has 3 atom stereocenters.